The van der Waals surface area contributed by atoms with Gasteiger partial charge in [0.2, 0.25) is 0 Å². The van der Waals surface area contributed by atoms with Gasteiger partial charge in [0.05, 0.1) is 0 Å². The minimum Gasteiger partial charge on any atom is -0.312 e. The Kier molecular flexibility index (Phi) is 4.90. The third-order valence-electron chi connectivity index (χ3n) is 4.82. The summed E-state index contributed by atoms with van der Waals surface area (Å²) in [6, 6.07) is 6.71. The van der Waals surface area contributed by atoms with E-state index in [1.165, 1.54) is 43.4 Å². The van der Waals surface area contributed by atoms with Gasteiger partial charge in [-0.1, -0.05) is 24.6 Å². The van der Waals surface area contributed by atoms with Gasteiger partial charge in [-0.2, -0.15) is 0 Å². The van der Waals surface area contributed by atoms with Crippen molar-refractivity contribution in [3.05, 3.63) is 34.9 Å². The van der Waals surface area contributed by atoms with Crippen molar-refractivity contribution < 1.29 is 0 Å². The summed E-state index contributed by atoms with van der Waals surface area (Å²) < 4.78 is 0. The van der Waals surface area contributed by atoms with Gasteiger partial charge in [-0.05, 0) is 89.0 Å². The van der Waals surface area contributed by atoms with E-state index in [9.17, 15) is 0 Å². The highest BCUT2D eigenvalue weighted by molar-refractivity contribution is 5.34. The minimum absolute atomic E-state index is 0.242. The predicted octanol–water partition coefficient (Wildman–Crippen LogP) is 4.65. The molecule has 112 valence electrons. The van der Waals surface area contributed by atoms with Crippen LogP contribution >= 0.6 is 0 Å². The fraction of sp³-hybridized carbons (Fsp3) is 0.684. The molecule has 0 saturated heterocycles. The second kappa shape index (κ2) is 6.30. The summed E-state index contributed by atoms with van der Waals surface area (Å²) in [5.41, 5.74) is 4.78. The Labute approximate surface area is 125 Å². The molecule has 2 atom stereocenters. The largest absolute Gasteiger partial charge is 0.312 e. The first-order chi connectivity index (χ1) is 9.37. The molecule has 1 aliphatic carbocycles. The van der Waals surface area contributed by atoms with E-state index in [0.29, 0.717) is 0 Å². The maximum absolute atomic E-state index is 3.71. The quantitative estimate of drug-likeness (QED) is 0.842. The van der Waals surface area contributed by atoms with Crippen molar-refractivity contribution in [2.75, 3.05) is 6.54 Å². The van der Waals surface area contributed by atoms with Crippen molar-refractivity contribution in [2.45, 2.75) is 65.8 Å². The lowest BCUT2D eigenvalue weighted by Gasteiger charge is -2.27. The summed E-state index contributed by atoms with van der Waals surface area (Å²) in [5.74, 6) is 1.72. The summed E-state index contributed by atoms with van der Waals surface area (Å²) >= 11 is 0. The Bertz CT molecular complexity index is 421. The highest BCUT2D eigenvalue weighted by atomic mass is 14.9. The van der Waals surface area contributed by atoms with Gasteiger partial charge in [0.25, 0.3) is 0 Å². The lowest BCUT2D eigenvalue weighted by molar-refractivity contribution is 0.316. The van der Waals surface area contributed by atoms with Crippen LogP contribution in [0.15, 0.2) is 18.2 Å². The zero-order valence-electron chi connectivity index (χ0n) is 13.9. The van der Waals surface area contributed by atoms with Crippen molar-refractivity contribution in [2.24, 2.45) is 11.8 Å². The van der Waals surface area contributed by atoms with Crippen molar-refractivity contribution in [1.82, 2.24) is 5.32 Å². The van der Waals surface area contributed by atoms with Gasteiger partial charge in [0.1, 0.15) is 0 Å². The van der Waals surface area contributed by atoms with Crippen molar-refractivity contribution >= 4 is 0 Å². The third-order valence-corrected chi connectivity index (χ3v) is 4.82. The highest BCUT2D eigenvalue weighted by Crippen LogP contribution is 2.35. The number of rotatable bonds is 4. The van der Waals surface area contributed by atoms with E-state index in [1.807, 2.05) is 0 Å². The molecule has 0 heterocycles. The van der Waals surface area contributed by atoms with Gasteiger partial charge < -0.3 is 5.32 Å². The molecule has 0 amide bonds. The molecule has 1 aliphatic rings. The van der Waals surface area contributed by atoms with E-state index in [4.69, 9.17) is 0 Å². The van der Waals surface area contributed by atoms with Crippen LogP contribution < -0.4 is 5.32 Å². The van der Waals surface area contributed by atoms with Crippen LogP contribution in [0.25, 0.3) is 0 Å². The van der Waals surface area contributed by atoms with Crippen LogP contribution in [0.1, 0.15) is 56.7 Å². The van der Waals surface area contributed by atoms with Crippen molar-refractivity contribution in [3.63, 3.8) is 0 Å². The molecule has 1 aromatic rings. The van der Waals surface area contributed by atoms with Gasteiger partial charge in [-0.3, -0.25) is 0 Å². The standard InChI is InChI=1S/C19H31N/c1-14-8-6-9-15(2)18(14)12-16-10-7-11-17(16)13-20-19(3,4)5/h6,8-9,16-17,20H,7,10-13H2,1-5H3. The fourth-order valence-electron chi connectivity index (χ4n) is 3.52. The van der Waals surface area contributed by atoms with Crippen LogP contribution in [0, 0.1) is 25.7 Å². The van der Waals surface area contributed by atoms with Crippen molar-refractivity contribution in [1.29, 1.82) is 0 Å². The minimum atomic E-state index is 0.242. The average Bonchev–Trinajstić information content (AvgIpc) is 2.78. The first kappa shape index (κ1) is 15.6. The average molecular weight is 273 g/mol. The van der Waals surface area contributed by atoms with E-state index in [0.717, 1.165) is 11.8 Å². The lowest BCUT2D eigenvalue weighted by atomic mass is 9.86. The summed E-state index contributed by atoms with van der Waals surface area (Å²) in [6.45, 7) is 12.5. The zero-order chi connectivity index (χ0) is 14.8. The Morgan fingerprint density at radius 2 is 1.65 bits per heavy atom. The smallest absolute Gasteiger partial charge is 0.00966 e. The van der Waals surface area contributed by atoms with Gasteiger partial charge in [-0.15, -0.1) is 0 Å². The van der Waals surface area contributed by atoms with E-state index < -0.39 is 0 Å². The van der Waals surface area contributed by atoms with E-state index in [1.54, 1.807) is 5.56 Å². The first-order valence-electron chi connectivity index (χ1n) is 8.17. The summed E-state index contributed by atoms with van der Waals surface area (Å²) in [5, 5.41) is 3.71. The SMILES string of the molecule is Cc1cccc(C)c1CC1CCCC1CNC(C)(C)C. The summed E-state index contributed by atoms with van der Waals surface area (Å²) in [7, 11) is 0. The summed E-state index contributed by atoms with van der Waals surface area (Å²) in [6.07, 6.45) is 5.49. The van der Waals surface area contributed by atoms with Crippen LogP contribution in [0.5, 0.6) is 0 Å². The molecule has 1 aromatic carbocycles. The molecular formula is C19H31N. The van der Waals surface area contributed by atoms with Gasteiger partial charge in [0, 0.05) is 5.54 Å². The lowest BCUT2D eigenvalue weighted by Crippen LogP contribution is -2.40. The van der Waals surface area contributed by atoms with E-state index in [2.05, 4.69) is 58.1 Å². The number of benzene rings is 1. The molecule has 0 radical (unpaired) electrons. The van der Waals surface area contributed by atoms with Crippen LogP contribution in [-0.4, -0.2) is 12.1 Å². The van der Waals surface area contributed by atoms with Gasteiger partial charge in [-0.25, -0.2) is 0 Å². The molecule has 0 bridgehead atoms. The maximum Gasteiger partial charge on any atom is 0.00966 e. The van der Waals surface area contributed by atoms with Gasteiger partial charge >= 0.3 is 0 Å². The monoisotopic (exact) mass is 273 g/mol. The molecule has 1 nitrogen and oxygen atoms in total. The molecular weight excluding hydrogens is 242 g/mol. The Balaban J connectivity index is 2.01. The molecule has 1 fully saturated rings. The molecule has 0 spiro atoms. The maximum atomic E-state index is 3.71. The first-order valence-corrected chi connectivity index (χ1v) is 8.17. The zero-order valence-corrected chi connectivity index (χ0v) is 13.9. The molecule has 2 unspecified atom stereocenters. The number of nitrogens with one attached hydrogen (secondary N) is 1. The Hall–Kier alpha value is -0.820. The fourth-order valence-corrected chi connectivity index (χ4v) is 3.52. The second-order valence-electron chi connectivity index (χ2n) is 7.66. The van der Waals surface area contributed by atoms with Crippen LogP contribution in [0.4, 0.5) is 0 Å². The molecule has 2 rings (SSSR count). The Morgan fingerprint density at radius 1 is 1.05 bits per heavy atom. The molecule has 1 N–H and O–H groups in total. The Morgan fingerprint density at radius 3 is 2.25 bits per heavy atom. The number of aryl methyl sites for hydroxylation is 2. The highest BCUT2D eigenvalue weighted by Gasteiger charge is 2.28. The third kappa shape index (κ3) is 4.09. The summed E-state index contributed by atoms with van der Waals surface area (Å²) in [4.78, 5) is 0. The molecule has 1 heteroatoms. The number of hydrogen-bond acceptors (Lipinski definition) is 1. The van der Waals surface area contributed by atoms with Crippen molar-refractivity contribution in [3.8, 4) is 0 Å². The molecule has 20 heavy (non-hydrogen) atoms. The number of hydrogen-bond donors (Lipinski definition) is 1. The topological polar surface area (TPSA) is 12.0 Å². The predicted molar refractivity (Wildman–Crippen MR) is 88.2 cm³/mol. The van der Waals surface area contributed by atoms with Crippen LogP contribution in [-0.2, 0) is 6.42 Å². The second-order valence-corrected chi connectivity index (χ2v) is 7.66. The van der Waals surface area contributed by atoms with E-state index in [-0.39, 0.29) is 5.54 Å². The van der Waals surface area contributed by atoms with Gasteiger partial charge in [0.15, 0.2) is 0 Å². The normalized spacial score (nSPS) is 23.2. The molecule has 0 aromatic heterocycles. The molecule has 0 aliphatic heterocycles. The van der Waals surface area contributed by atoms with Crippen LogP contribution in [0.3, 0.4) is 0 Å². The van der Waals surface area contributed by atoms with Crippen LogP contribution in [0.2, 0.25) is 0 Å². The van der Waals surface area contributed by atoms with E-state index >= 15 is 0 Å². The molecule has 1 saturated carbocycles.